The Kier molecular flexibility index (Phi) is 2.86. The molecule has 0 unspecified atom stereocenters. The monoisotopic (exact) mass is 162 g/mol. The second kappa shape index (κ2) is 3.90. The van der Waals surface area contributed by atoms with Gasteiger partial charge in [-0.05, 0) is 6.92 Å². The molecule has 1 rings (SSSR count). The summed E-state index contributed by atoms with van der Waals surface area (Å²) in [6.45, 7) is 5.61. The number of aryl methyl sites for hydroxylation is 2. The molecule has 12 heavy (non-hydrogen) atoms. The molecule has 0 amide bonds. The van der Waals surface area contributed by atoms with Crippen molar-refractivity contribution in [2.24, 2.45) is 7.05 Å². The maximum Gasteiger partial charge on any atom is 0.112 e. The highest BCUT2D eigenvalue weighted by Crippen LogP contribution is 2.01. The van der Waals surface area contributed by atoms with Gasteiger partial charge in [-0.15, -0.1) is 0 Å². The molecule has 0 atom stereocenters. The van der Waals surface area contributed by atoms with Gasteiger partial charge in [0.25, 0.3) is 0 Å². The number of rotatable bonds is 3. The van der Waals surface area contributed by atoms with Crippen LogP contribution in [0.25, 0.3) is 0 Å². The number of hydrogen-bond acceptors (Lipinski definition) is 1. The number of nitrogens with zero attached hydrogens (tertiary/aromatic N) is 2. The van der Waals surface area contributed by atoms with Gasteiger partial charge in [0.05, 0.1) is 5.69 Å². The van der Waals surface area contributed by atoms with Gasteiger partial charge in [-0.25, -0.2) is 4.98 Å². The van der Waals surface area contributed by atoms with Crippen molar-refractivity contribution in [1.29, 1.82) is 0 Å². The second-order valence-electron chi connectivity index (χ2n) is 2.78. The van der Waals surface area contributed by atoms with Crippen molar-refractivity contribution >= 4 is 0 Å². The van der Waals surface area contributed by atoms with Gasteiger partial charge in [-0.3, -0.25) is 0 Å². The van der Waals surface area contributed by atoms with Crippen molar-refractivity contribution in [3.05, 3.63) is 42.5 Å². The van der Waals surface area contributed by atoms with Gasteiger partial charge in [-0.1, -0.05) is 24.8 Å². The number of aromatic nitrogens is 2. The Bertz CT molecular complexity index is 295. The van der Waals surface area contributed by atoms with Crippen molar-refractivity contribution < 1.29 is 0 Å². The summed E-state index contributed by atoms with van der Waals surface area (Å²) in [6.07, 6.45) is 8.65. The normalized spacial score (nSPS) is 10.8. The summed E-state index contributed by atoms with van der Waals surface area (Å²) < 4.78 is 2.04. The summed E-state index contributed by atoms with van der Waals surface area (Å²) in [5.74, 6) is 1.09. The molecule has 0 saturated carbocycles. The fourth-order valence-corrected chi connectivity index (χ4v) is 1.13. The molecular formula is C10H14N2. The zero-order valence-electron chi connectivity index (χ0n) is 7.62. The van der Waals surface area contributed by atoms with Crippen LogP contribution in [0.15, 0.2) is 31.0 Å². The van der Waals surface area contributed by atoms with E-state index in [1.54, 1.807) is 6.08 Å². The van der Waals surface area contributed by atoms with Crippen LogP contribution >= 0.6 is 0 Å². The second-order valence-corrected chi connectivity index (χ2v) is 2.78. The molecule has 0 radical (unpaired) electrons. The lowest BCUT2D eigenvalue weighted by Crippen LogP contribution is -1.94. The lowest BCUT2D eigenvalue weighted by atomic mass is 10.3. The maximum atomic E-state index is 4.36. The first-order valence-electron chi connectivity index (χ1n) is 4.00. The highest BCUT2D eigenvalue weighted by molar-refractivity contribution is 5.07. The average Bonchev–Trinajstić information content (AvgIpc) is 2.31. The maximum absolute atomic E-state index is 4.36. The summed E-state index contributed by atoms with van der Waals surface area (Å²) in [7, 11) is 2.01. The third kappa shape index (κ3) is 2.09. The highest BCUT2D eigenvalue weighted by atomic mass is 15.0. The van der Waals surface area contributed by atoms with E-state index in [-0.39, 0.29) is 0 Å². The van der Waals surface area contributed by atoms with Crippen LogP contribution in [0.2, 0.25) is 0 Å². The highest BCUT2D eigenvalue weighted by Gasteiger charge is 1.97. The first-order valence-corrected chi connectivity index (χ1v) is 4.00. The minimum Gasteiger partial charge on any atom is -0.337 e. The lowest BCUT2D eigenvalue weighted by molar-refractivity contribution is 0.830. The molecule has 0 aromatic carbocycles. The van der Waals surface area contributed by atoms with Gasteiger partial charge in [0.2, 0.25) is 0 Å². The van der Waals surface area contributed by atoms with Crippen molar-refractivity contribution in [3.63, 3.8) is 0 Å². The van der Waals surface area contributed by atoms with Crippen LogP contribution in [0.1, 0.15) is 11.5 Å². The van der Waals surface area contributed by atoms with Crippen LogP contribution in [0, 0.1) is 6.92 Å². The van der Waals surface area contributed by atoms with E-state index in [1.165, 1.54) is 0 Å². The van der Waals surface area contributed by atoms with E-state index in [2.05, 4.69) is 17.6 Å². The summed E-state index contributed by atoms with van der Waals surface area (Å²) in [6, 6.07) is 0. The van der Waals surface area contributed by atoms with E-state index < -0.39 is 0 Å². The van der Waals surface area contributed by atoms with Crippen LogP contribution in [-0.4, -0.2) is 9.55 Å². The zero-order chi connectivity index (χ0) is 8.97. The van der Waals surface area contributed by atoms with Crippen LogP contribution in [0.5, 0.6) is 0 Å². The van der Waals surface area contributed by atoms with Gasteiger partial charge < -0.3 is 4.57 Å². The van der Waals surface area contributed by atoms with Gasteiger partial charge >= 0.3 is 0 Å². The van der Waals surface area contributed by atoms with Gasteiger partial charge in [0, 0.05) is 19.7 Å². The third-order valence-electron chi connectivity index (χ3n) is 1.67. The van der Waals surface area contributed by atoms with Crippen LogP contribution in [0.3, 0.4) is 0 Å². The molecule has 0 aliphatic carbocycles. The summed E-state index contributed by atoms with van der Waals surface area (Å²) in [4.78, 5) is 4.36. The minimum atomic E-state index is 0.871. The van der Waals surface area contributed by atoms with Crippen molar-refractivity contribution in [2.75, 3.05) is 0 Å². The largest absolute Gasteiger partial charge is 0.337 e. The fourth-order valence-electron chi connectivity index (χ4n) is 1.13. The fraction of sp³-hybridized carbons (Fsp3) is 0.300. The Balaban J connectivity index is 2.68. The quantitative estimate of drug-likeness (QED) is 0.622. The molecule has 0 bridgehead atoms. The van der Waals surface area contributed by atoms with E-state index in [1.807, 2.05) is 30.8 Å². The Morgan fingerprint density at radius 1 is 1.67 bits per heavy atom. The number of imidazole rings is 1. The van der Waals surface area contributed by atoms with E-state index >= 15 is 0 Å². The average molecular weight is 162 g/mol. The van der Waals surface area contributed by atoms with Crippen molar-refractivity contribution in [3.8, 4) is 0 Å². The third-order valence-corrected chi connectivity index (χ3v) is 1.67. The molecule has 0 N–H and O–H groups in total. The molecule has 0 spiro atoms. The number of allylic oxidation sites excluding steroid dienone is 3. The van der Waals surface area contributed by atoms with Crippen LogP contribution < -0.4 is 0 Å². The summed E-state index contributed by atoms with van der Waals surface area (Å²) in [5, 5.41) is 0. The van der Waals surface area contributed by atoms with E-state index in [9.17, 15) is 0 Å². The molecule has 1 aromatic heterocycles. The smallest absolute Gasteiger partial charge is 0.112 e. The molecule has 1 aromatic rings. The first-order chi connectivity index (χ1) is 5.74. The molecule has 1 heterocycles. The molecule has 0 saturated heterocycles. The molecule has 0 aliphatic heterocycles. The summed E-state index contributed by atoms with van der Waals surface area (Å²) >= 11 is 0. The summed E-state index contributed by atoms with van der Waals surface area (Å²) in [5.41, 5.74) is 1.07. The van der Waals surface area contributed by atoms with Crippen LogP contribution in [-0.2, 0) is 13.5 Å². The molecule has 2 nitrogen and oxygen atoms in total. The van der Waals surface area contributed by atoms with Crippen molar-refractivity contribution in [2.45, 2.75) is 13.3 Å². The molecule has 2 heteroatoms. The van der Waals surface area contributed by atoms with Crippen LogP contribution in [0.4, 0.5) is 0 Å². The zero-order valence-corrected chi connectivity index (χ0v) is 7.62. The Morgan fingerprint density at radius 2 is 2.42 bits per heavy atom. The number of hydrogen-bond donors (Lipinski definition) is 0. The van der Waals surface area contributed by atoms with Gasteiger partial charge in [0.1, 0.15) is 5.82 Å². The SMILES string of the molecule is C=CC=CCc1nc(C)cn1C. The lowest BCUT2D eigenvalue weighted by Gasteiger charge is -1.94. The molecule has 0 aliphatic rings. The predicted octanol–water partition coefficient (Wildman–Crippen LogP) is 2.01. The standard InChI is InChI=1S/C10H14N2/c1-4-5-6-7-10-11-9(2)8-12(10)3/h4-6,8H,1,7H2,2-3H3. The Hall–Kier alpha value is -1.31. The Morgan fingerprint density at radius 3 is 2.92 bits per heavy atom. The first kappa shape index (κ1) is 8.78. The minimum absolute atomic E-state index is 0.871. The Labute approximate surface area is 73.2 Å². The van der Waals surface area contributed by atoms with Gasteiger partial charge in [-0.2, -0.15) is 0 Å². The molecular weight excluding hydrogens is 148 g/mol. The topological polar surface area (TPSA) is 17.8 Å². The molecule has 64 valence electrons. The van der Waals surface area contributed by atoms with Gasteiger partial charge in [0.15, 0.2) is 0 Å². The molecule has 0 fully saturated rings. The predicted molar refractivity (Wildman–Crippen MR) is 51.0 cm³/mol. The van der Waals surface area contributed by atoms with Crippen molar-refractivity contribution in [1.82, 2.24) is 9.55 Å². The van der Waals surface area contributed by atoms with E-state index in [4.69, 9.17) is 0 Å². The van der Waals surface area contributed by atoms with E-state index in [0.717, 1.165) is 17.9 Å². The van der Waals surface area contributed by atoms with E-state index in [0.29, 0.717) is 0 Å².